The monoisotopic (exact) mass is 336 g/mol. The zero-order valence-corrected chi connectivity index (χ0v) is 13.8. The predicted molar refractivity (Wildman–Crippen MR) is 90.6 cm³/mol. The van der Waals surface area contributed by atoms with Crippen molar-refractivity contribution in [1.82, 2.24) is 4.90 Å². The summed E-state index contributed by atoms with van der Waals surface area (Å²) in [6, 6.07) is 5.21. The number of carbonyl (C=O) groups excluding carboxylic acids is 2. The highest BCUT2D eigenvalue weighted by Gasteiger charge is 2.14. The number of primary amides is 1. The van der Waals surface area contributed by atoms with Gasteiger partial charge in [0.15, 0.2) is 18.1 Å². The third-order valence-electron chi connectivity index (χ3n) is 3.30. The van der Waals surface area contributed by atoms with Crippen molar-refractivity contribution in [3.8, 4) is 11.5 Å². The van der Waals surface area contributed by atoms with E-state index in [0.717, 1.165) is 30.2 Å². The van der Waals surface area contributed by atoms with Crippen LogP contribution in [-0.4, -0.2) is 55.0 Å². The second-order valence-electron chi connectivity index (χ2n) is 4.94. The largest absolute Gasteiger partial charge is 0.493 e. The normalized spacial score (nSPS) is 14.7. The van der Waals surface area contributed by atoms with Gasteiger partial charge in [-0.05, 0) is 23.8 Å². The molecule has 1 aliphatic heterocycles. The molecular formula is C16H20N2O4S. The van der Waals surface area contributed by atoms with Gasteiger partial charge in [0.25, 0.3) is 5.91 Å². The maximum absolute atomic E-state index is 12.1. The Morgan fingerprint density at radius 2 is 2.04 bits per heavy atom. The summed E-state index contributed by atoms with van der Waals surface area (Å²) in [7, 11) is 1.51. The van der Waals surface area contributed by atoms with Crippen molar-refractivity contribution in [2.24, 2.45) is 5.73 Å². The molecule has 2 N–H and O–H groups in total. The van der Waals surface area contributed by atoms with Crippen LogP contribution in [-0.2, 0) is 9.59 Å². The van der Waals surface area contributed by atoms with Crippen molar-refractivity contribution in [3.63, 3.8) is 0 Å². The molecule has 0 aliphatic carbocycles. The standard InChI is InChI=1S/C16H20N2O4S/c1-21-14-10-12(2-4-13(14)22-11-15(17)19)3-5-16(20)18-6-8-23-9-7-18/h2-5,10H,6-9,11H2,1H3,(H2,17,19)/b5-3+. The molecule has 0 radical (unpaired) electrons. The van der Waals surface area contributed by atoms with E-state index in [4.69, 9.17) is 15.2 Å². The van der Waals surface area contributed by atoms with E-state index in [2.05, 4.69) is 0 Å². The van der Waals surface area contributed by atoms with Crippen molar-refractivity contribution in [1.29, 1.82) is 0 Å². The lowest BCUT2D eigenvalue weighted by Crippen LogP contribution is -2.36. The lowest BCUT2D eigenvalue weighted by atomic mass is 10.2. The average molecular weight is 336 g/mol. The molecule has 7 heteroatoms. The van der Waals surface area contributed by atoms with Crippen LogP contribution in [0.1, 0.15) is 5.56 Å². The fourth-order valence-corrected chi connectivity index (χ4v) is 3.02. The fraction of sp³-hybridized carbons (Fsp3) is 0.375. The minimum absolute atomic E-state index is 0.0123. The number of methoxy groups -OCH3 is 1. The summed E-state index contributed by atoms with van der Waals surface area (Å²) in [5.41, 5.74) is 5.87. The maximum Gasteiger partial charge on any atom is 0.255 e. The van der Waals surface area contributed by atoms with Crippen LogP contribution in [0, 0.1) is 0 Å². The summed E-state index contributed by atoms with van der Waals surface area (Å²) in [6.45, 7) is 1.37. The van der Waals surface area contributed by atoms with Crippen LogP contribution in [0.15, 0.2) is 24.3 Å². The number of hydrogen-bond acceptors (Lipinski definition) is 5. The molecule has 0 unspecified atom stereocenters. The maximum atomic E-state index is 12.1. The molecule has 2 rings (SSSR count). The molecule has 23 heavy (non-hydrogen) atoms. The van der Waals surface area contributed by atoms with Crippen molar-refractivity contribution in [2.75, 3.05) is 38.3 Å². The Hall–Kier alpha value is -2.15. The fourth-order valence-electron chi connectivity index (χ4n) is 2.11. The molecule has 0 bridgehead atoms. The van der Waals surface area contributed by atoms with Crippen molar-refractivity contribution >= 4 is 29.7 Å². The molecule has 0 atom stereocenters. The van der Waals surface area contributed by atoms with E-state index in [-0.39, 0.29) is 12.5 Å². The van der Waals surface area contributed by atoms with Crippen molar-refractivity contribution < 1.29 is 19.1 Å². The van der Waals surface area contributed by atoms with Gasteiger partial charge in [-0.3, -0.25) is 9.59 Å². The predicted octanol–water partition coefficient (Wildman–Crippen LogP) is 1.15. The first-order valence-corrected chi connectivity index (χ1v) is 8.39. The molecule has 6 nitrogen and oxygen atoms in total. The first kappa shape index (κ1) is 17.2. The molecule has 1 saturated heterocycles. The molecule has 1 aromatic carbocycles. The number of thioether (sulfide) groups is 1. The molecule has 1 aliphatic rings. The van der Waals surface area contributed by atoms with E-state index in [0.29, 0.717) is 11.5 Å². The number of amides is 2. The summed E-state index contributed by atoms with van der Waals surface area (Å²) in [4.78, 5) is 24.7. The highest BCUT2D eigenvalue weighted by molar-refractivity contribution is 7.99. The van der Waals surface area contributed by atoms with Gasteiger partial charge in [-0.2, -0.15) is 11.8 Å². The Labute approximate surface area is 139 Å². The van der Waals surface area contributed by atoms with Crippen LogP contribution in [0.2, 0.25) is 0 Å². The summed E-state index contributed by atoms with van der Waals surface area (Å²) in [5.74, 6) is 2.34. The Morgan fingerprint density at radius 3 is 2.70 bits per heavy atom. The third-order valence-corrected chi connectivity index (χ3v) is 4.24. The van der Waals surface area contributed by atoms with Crippen LogP contribution in [0.25, 0.3) is 6.08 Å². The SMILES string of the molecule is COc1cc(/C=C/C(=O)N2CCSCC2)ccc1OCC(N)=O. The molecular weight excluding hydrogens is 316 g/mol. The van der Waals surface area contributed by atoms with Crippen LogP contribution < -0.4 is 15.2 Å². The molecule has 1 fully saturated rings. The molecule has 0 saturated carbocycles. The number of benzene rings is 1. The van der Waals surface area contributed by atoms with E-state index < -0.39 is 5.91 Å². The number of hydrogen-bond donors (Lipinski definition) is 1. The Bertz CT molecular complexity index is 598. The van der Waals surface area contributed by atoms with Gasteiger partial charge in [0.1, 0.15) is 0 Å². The molecule has 1 aromatic rings. The van der Waals surface area contributed by atoms with Gasteiger partial charge in [-0.1, -0.05) is 6.07 Å². The average Bonchev–Trinajstić information content (AvgIpc) is 2.58. The number of nitrogens with zero attached hydrogens (tertiary/aromatic N) is 1. The van der Waals surface area contributed by atoms with Crippen LogP contribution in [0.4, 0.5) is 0 Å². The van der Waals surface area contributed by atoms with Gasteiger partial charge >= 0.3 is 0 Å². The first-order valence-electron chi connectivity index (χ1n) is 7.24. The van der Waals surface area contributed by atoms with Gasteiger partial charge < -0.3 is 20.1 Å². The van der Waals surface area contributed by atoms with Crippen molar-refractivity contribution in [2.45, 2.75) is 0 Å². The smallest absolute Gasteiger partial charge is 0.255 e. The summed E-state index contributed by atoms with van der Waals surface area (Å²) < 4.78 is 10.5. The molecule has 0 aromatic heterocycles. The lowest BCUT2D eigenvalue weighted by molar-refractivity contribution is -0.125. The Kier molecular flexibility index (Phi) is 6.34. The third kappa shape index (κ3) is 5.21. The summed E-state index contributed by atoms with van der Waals surface area (Å²) in [6.07, 6.45) is 3.30. The minimum atomic E-state index is -0.554. The highest BCUT2D eigenvalue weighted by Crippen LogP contribution is 2.28. The van der Waals surface area contributed by atoms with Gasteiger partial charge in [0, 0.05) is 30.7 Å². The van der Waals surface area contributed by atoms with Gasteiger partial charge in [0.05, 0.1) is 7.11 Å². The number of nitrogens with two attached hydrogens (primary N) is 1. The van der Waals surface area contributed by atoms with Gasteiger partial charge in [0.2, 0.25) is 5.91 Å². The molecule has 0 spiro atoms. The summed E-state index contributed by atoms with van der Waals surface area (Å²) >= 11 is 1.86. The van der Waals surface area contributed by atoms with Crippen LogP contribution >= 0.6 is 11.8 Å². The molecule has 124 valence electrons. The van der Waals surface area contributed by atoms with E-state index in [1.807, 2.05) is 16.7 Å². The van der Waals surface area contributed by atoms with E-state index in [9.17, 15) is 9.59 Å². The lowest BCUT2D eigenvalue weighted by Gasteiger charge is -2.25. The molecule has 2 amide bonds. The van der Waals surface area contributed by atoms with E-state index in [1.165, 1.54) is 7.11 Å². The number of ether oxygens (including phenoxy) is 2. The summed E-state index contributed by atoms with van der Waals surface area (Å²) in [5, 5.41) is 0. The number of carbonyl (C=O) groups is 2. The van der Waals surface area contributed by atoms with Crippen LogP contribution in [0.3, 0.4) is 0 Å². The van der Waals surface area contributed by atoms with Crippen molar-refractivity contribution in [3.05, 3.63) is 29.8 Å². The molecule has 1 heterocycles. The van der Waals surface area contributed by atoms with Gasteiger partial charge in [-0.15, -0.1) is 0 Å². The first-order chi connectivity index (χ1) is 11.1. The van der Waals surface area contributed by atoms with E-state index in [1.54, 1.807) is 30.4 Å². The quantitative estimate of drug-likeness (QED) is 0.788. The van der Waals surface area contributed by atoms with Gasteiger partial charge in [-0.25, -0.2) is 0 Å². The topological polar surface area (TPSA) is 81.9 Å². The highest BCUT2D eigenvalue weighted by atomic mass is 32.2. The minimum Gasteiger partial charge on any atom is -0.493 e. The second-order valence-corrected chi connectivity index (χ2v) is 6.16. The van der Waals surface area contributed by atoms with Crippen LogP contribution in [0.5, 0.6) is 11.5 Å². The number of rotatable bonds is 6. The Balaban J connectivity index is 2.03. The Morgan fingerprint density at radius 1 is 1.30 bits per heavy atom. The van der Waals surface area contributed by atoms with E-state index >= 15 is 0 Å². The zero-order valence-electron chi connectivity index (χ0n) is 13.0. The zero-order chi connectivity index (χ0) is 16.7. The second kappa shape index (κ2) is 8.47.